The number of nitrogens with one attached hydrogen (secondary N) is 1. The second kappa shape index (κ2) is 9.92. The SMILES string of the molecule is COc1ccc(Cn2nnnc2SCC(=O)NC2(c3ccc4c(c3)OCCO4)CCCC2)cc1. The average molecular weight is 482 g/mol. The first-order valence-electron chi connectivity index (χ1n) is 11.4. The highest BCUT2D eigenvalue weighted by Crippen LogP contribution is 2.42. The van der Waals surface area contributed by atoms with E-state index in [1.54, 1.807) is 11.8 Å². The second-order valence-corrected chi connectivity index (χ2v) is 9.39. The Morgan fingerprint density at radius 1 is 1.12 bits per heavy atom. The van der Waals surface area contributed by atoms with Gasteiger partial charge in [0.2, 0.25) is 11.1 Å². The van der Waals surface area contributed by atoms with Crippen LogP contribution in [0.1, 0.15) is 36.8 Å². The monoisotopic (exact) mass is 481 g/mol. The number of methoxy groups -OCH3 is 1. The van der Waals surface area contributed by atoms with Gasteiger partial charge in [0.05, 0.1) is 24.9 Å². The van der Waals surface area contributed by atoms with Crippen molar-refractivity contribution in [3.8, 4) is 17.2 Å². The minimum Gasteiger partial charge on any atom is -0.497 e. The number of tetrazole rings is 1. The van der Waals surface area contributed by atoms with Crippen LogP contribution < -0.4 is 19.5 Å². The third-order valence-electron chi connectivity index (χ3n) is 6.25. The minimum absolute atomic E-state index is 0.0409. The van der Waals surface area contributed by atoms with Crippen LogP contribution >= 0.6 is 11.8 Å². The minimum atomic E-state index is -0.386. The van der Waals surface area contributed by atoms with Gasteiger partial charge in [0.15, 0.2) is 11.5 Å². The van der Waals surface area contributed by atoms with Crippen LogP contribution in [0.2, 0.25) is 0 Å². The topological polar surface area (TPSA) is 100 Å². The van der Waals surface area contributed by atoms with Crippen LogP contribution in [0.3, 0.4) is 0 Å². The van der Waals surface area contributed by atoms with Crippen molar-refractivity contribution in [2.45, 2.75) is 42.9 Å². The molecule has 0 unspecified atom stereocenters. The van der Waals surface area contributed by atoms with Crippen LogP contribution in [0.25, 0.3) is 0 Å². The predicted molar refractivity (Wildman–Crippen MR) is 126 cm³/mol. The molecule has 1 aromatic heterocycles. The van der Waals surface area contributed by atoms with Crippen molar-refractivity contribution in [2.24, 2.45) is 0 Å². The number of fused-ring (bicyclic) bond motifs is 1. The van der Waals surface area contributed by atoms with E-state index in [1.165, 1.54) is 11.8 Å². The normalized spacial score (nSPS) is 16.3. The molecule has 1 aliphatic carbocycles. The lowest BCUT2D eigenvalue weighted by molar-refractivity contribution is -0.120. The van der Waals surface area contributed by atoms with E-state index in [0.717, 1.165) is 54.1 Å². The van der Waals surface area contributed by atoms with Crippen LogP contribution in [0, 0.1) is 0 Å². The molecule has 1 saturated carbocycles. The van der Waals surface area contributed by atoms with Crippen molar-refractivity contribution < 1.29 is 19.0 Å². The van der Waals surface area contributed by atoms with E-state index in [0.29, 0.717) is 24.9 Å². The predicted octanol–water partition coefficient (Wildman–Crippen LogP) is 3.18. The van der Waals surface area contributed by atoms with E-state index in [9.17, 15) is 4.79 Å². The van der Waals surface area contributed by atoms with Crippen molar-refractivity contribution in [2.75, 3.05) is 26.1 Å². The van der Waals surface area contributed by atoms with E-state index in [1.807, 2.05) is 42.5 Å². The first-order valence-corrected chi connectivity index (χ1v) is 12.4. The molecule has 0 atom stereocenters. The third-order valence-corrected chi connectivity index (χ3v) is 7.21. The van der Waals surface area contributed by atoms with Crippen LogP contribution in [-0.2, 0) is 16.9 Å². The van der Waals surface area contributed by atoms with E-state index < -0.39 is 0 Å². The van der Waals surface area contributed by atoms with Gasteiger partial charge in [-0.05, 0) is 58.7 Å². The first-order chi connectivity index (χ1) is 16.6. The summed E-state index contributed by atoms with van der Waals surface area (Å²) in [5.74, 6) is 2.49. The van der Waals surface area contributed by atoms with Gasteiger partial charge in [-0.2, -0.15) is 0 Å². The number of amides is 1. The maximum Gasteiger partial charge on any atom is 0.231 e. The van der Waals surface area contributed by atoms with E-state index in [-0.39, 0.29) is 17.2 Å². The molecule has 2 heterocycles. The van der Waals surface area contributed by atoms with E-state index in [2.05, 4.69) is 20.8 Å². The van der Waals surface area contributed by atoms with Gasteiger partial charge in [0.1, 0.15) is 19.0 Å². The molecule has 3 aromatic rings. The molecular weight excluding hydrogens is 454 g/mol. The quantitative estimate of drug-likeness (QED) is 0.490. The number of hydrogen-bond donors (Lipinski definition) is 1. The molecular formula is C24H27N5O4S. The lowest BCUT2D eigenvalue weighted by atomic mass is 9.87. The lowest BCUT2D eigenvalue weighted by Crippen LogP contribution is -2.44. The van der Waals surface area contributed by atoms with Gasteiger partial charge in [0, 0.05) is 0 Å². The van der Waals surface area contributed by atoms with Crippen molar-refractivity contribution in [3.05, 3.63) is 53.6 Å². The molecule has 1 aliphatic heterocycles. The summed E-state index contributed by atoms with van der Waals surface area (Å²) in [5, 5.41) is 15.9. The van der Waals surface area contributed by atoms with E-state index >= 15 is 0 Å². The van der Waals surface area contributed by atoms with Gasteiger partial charge in [-0.1, -0.05) is 42.8 Å². The van der Waals surface area contributed by atoms with Crippen molar-refractivity contribution in [1.82, 2.24) is 25.5 Å². The summed E-state index contributed by atoms with van der Waals surface area (Å²) < 4.78 is 18.3. The highest BCUT2D eigenvalue weighted by atomic mass is 32.2. The number of thioether (sulfide) groups is 1. The van der Waals surface area contributed by atoms with Crippen LogP contribution in [0.4, 0.5) is 0 Å². The Kier molecular flexibility index (Phi) is 6.57. The highest BCUT2D eigenvalue weighted by molar-refractivity contribution is 7.99. The number of rotatable bonds is 8. The van der Waals surface area contributed by atoms with Gasteiger partial charge in [-0.25, -0.2) is 4.68 Å². The molecule has 0 saturated heterocycles. The summed E-state index contributed by atoms with van der Waals surface area (Å²) in [4.78, 5) is 13.0. The number of carbonyl (C=O) groups excluding carboxylic acids is 1. The summed E-state index contributed by atoms with van der Waals surface area (Å²) in [6.07, 6.45) is 3.94. The van der Waals surface area contributed by atoms with E-state index in [4.69, 9.17) is 14.2 Å². The van der Waals surface area contributed by atoms with Gasteiger partial charge in [-0.3, -0.25) is 4.79 Å². The Morgan fingerprint density at radius 2 is 1.88 bits per heavy atom. The molecule has 0 radical (unpaired) electrons. The standard InChI is InChI=1S/C24H27N5O4S/c1-31-19-7-4-17(5-8-19)15-29-23(26-27-28-29)34-16-22(30)25-24(10-2-3-11-24)18-6-9-20-21(14-18)33-13-12-32-20/h4-9,14H,2-3,10-13,15-16H2,1H3,(H,25,30). The Labute approximate surface area is 202 Å². The molecule has 34 heavy (non-hydrogen) atoms. The summed E-state index contributed by atoms with van der Waals surface area (Å²) in [6, 6.07) is 13.7. The molecule has 1 N–H and O–H groups in total. The van der Waals surface area contributed by atoms with Crippen LogP contribution in [-0.4, -0.2) is 52.2 Å². The van der Waals surface area contributed by atoms with Crippen molar-refractivity contribution >= 4 is 17.7 Å². The Morgan fingerprint density at radius 3 is 2.65 bits per heavy atom. The fourth-order valence-corrected chi connectivity index (χ4v) is 5.22. The smallest absolute Gasteiger partial charge is 0.231 e. The molecule has 10 heteroatoms. The van der Waals surface area contributed by atoms with Gasteiger partial charge in [0.25, 0.3) is 0 Å². The molecule has 178 valence electrons. The number of carbonyl (C=O) groups is 1. The zero-order valence-corrected chi connectivity index (χ0v) is 19.8. The Hall–Kier alpha value is -3.27. The average Bonchev–Trinajstić information content (AvgIpc) is 3.53. The van der Waals surface area contributed by atoms with Crippen molar-refractivity contribution in [3.63, 3.8) is 0 Å². The van der Waals surface area contributed by atoms with Gasteiger partial charge >= 0.3 is 0 Å². The summed E-state index contributed by atoms with van der Waals surface area (Å²) in [5.41, 5.74) is 1.72. The highest BCUT2D eigenvalue weighted by Gasteiger charge is 2.38. The fraction of sp³-hybridized carbons (Fsp3) is 0.417. The zero-order chi connectivity index (χ0) is 23.4. The summed E-state index contributed by atoms with van der Waals surface area (Å²) in [7, 11) is 1.64. The number of ether oxygens (including phenoxy) is 3. The second-order valence-electron chi connectivity index (χ2n) is 8.45. The molecule has 5 rings (SSSR count). The maximum atomic E-state index is 13.0. The number of aromatic nitrogens is 4. The maximum absolute atomic E-state index is 13.0. The van der Waals surface area contributed by atoms with Crippen LogP contribution in [0.15, 0.2) is 47.6 Å². The van der Waals surface area contributed by atoms with Crippen LogP contribution in [0.5, 0.6) is 17.2 Å². The largest absolute Gasteiger partial charge is 0.497 e. The Bertz CT molecular complexity index is 1140. The third kappa shape index (κ3) is 4.82. The van der Waals surface area contributed by atoms with Gasteiger partial charge in [-0.15, -0.1) is 5.10 Å². The zero-order valence-electron chi connectivity index (χ0n) is 19.0. The first kappa shape index (κ1) is 22.5. The lowest BCUT2D eigenvalue weighted by Gasteiger charge is -2.32. The molecule has 9 nitrogen and oxygen atoms in total. The van der Waals surface area contributed by atoms with Crippen molar-refractivity contribution in [1.29, 1.82) is 0 Å². The molecule has 2 aliphatic rings. The summed E-state index contributed by atoms with van der Waals surface area (Å²) >= 11 is 1.33. The molecule has 1 amide bonds. The molecule has 1 fully saturated rings. The molecule has 2 aromatic carbocycles. The molecule has 0 bridgehead atoms. The number of hydrogen-bond acceptors (Lipinski definition) is 8. The molecule has 0 spiro atoms. The number of benzene rings is 2. The van der Waals surface area contributed by atoms with Gasteiger partial charge < -0.3 is 19.5 Å². The summed E-state index contributed by atoms with van der Waals surface area (Å²) in [6.45, 7) is 1.61. The number of nitrogens with zero attached hydrogens (tertiary/aromatic N) is 4. The fourth-order valence-electron chi connectivity index (χ4n) is 4.54. The Balaban J connectivity index is 1.24.